The number of hydrogen-bond acceptors (Lipinski definition) is 4. The van der Waals surface area contributed by atoms with E-state index in [1.807, 2.05) is 6.07 Å². The highest BCUT2D eigenvalue weighted by atomic mass is 16.5. The van der Waals surface area contributed by atoms with Crippen molar-refractivity contribution in [1.82, 2.24) is 0 Å². The summed E-state index contributed by atoms with van der Waals surface area (Å²) in [6.45, 7) is 2.16. The van der Waals surface area contributed by atoms with Gasteiger partial charge in [0.2, 0.25) is 0 Å². The molecule has 0 aliphatic heterocycles. The minimum absolute atomic E-state index is 0.0513. The molecule has 4 nitrogen and oxygen atoms in total. The second-order valence-corrected chi connectivity index (χ2v) is 5.74. The van der Waals surface area contributed by atoms with E-state index < -0.39 is 5.97 Å². The van der Waals surface area contributed by atoms with Crippen LogP contribution in [0.2, 0.25) is 0 Å². The molecule has 0 saturated carbocycles. The number of rotatable bonds is 7. The fraction of sp³-hybridized carbons (Fsp3) is 0.350. The number of methoxy groups -OCH3 is 2. The van der Waals surface area contributed by atoms with Crippen LogP contribution in [-0.4, -0.2) is 25.3 Å². The van der Waals surface area contributed by atoms with Crippen LogP contribution in [0, 0.1) is 0 Å². The number of carbonyl (C=O) groups is 1. The number of aromatic hydroxyl groups is 1. The van der Waals surface area contributed by atoms with Gasteiger partial charge in [-0.15, -0.1) is 0 Å². The van der Waals surface area contributed by atoms with E-state index in [2.05, 4.69) is 29.9 Å². The van der Waals surface area contributed by atoms with Crippen molar-refractivity contribution in [3.63, 3.8) is 0 Å². The van der Waals surface area contributed by atoms with Crippen molar-refractivity contribution in [3.8, 4) is 11.5 Å². The number of carbonyl (C=O) groups excluding carboxylic acids is 1. The summed E-state index contributed by atoms with van der Waals surface area (Å²) in [5, 5.41) is 9.96. The molecule has 4 heteroatoms. The number of esters is 1. The SMILES string of the molecule is CCCc1ccc(CCc2ccc(C(=O)OC)c(O)c2)c(OC)c1. The van der Waals surface area contributed by atoms with E-state index in [0.717, 1.165) is 42.6 Å². The number of phenolic OH excluding ortho intramolecular Hbond substituents is 1. The molecule has 0 atom stereocenters. The van der Waals surface area contributed by atoms with Crippen LogP contribution in [0.3, 0.4) is 0 Å². The summed E-state index contributed by atoms with van der Waals surface area (Å²) in [4.78, 5) is 11.5. The van der Waals surface area contributed by atoms with Crippen LogP contribution in [-0.2, 0) is 24.0 Å². The average molecular weight is 328 g/mol. The molecule has 0 fully saturated rings. The van der Waals surface area contributed by atoms with Crippen LogP contribution < -0.4 is 4.74 Å². The van der Waals surface area contributed by atoms with Crippen LogP contribution in [0.4, 0.5) is 0 Å². The number of aryl methyl sites for hydroxylation is 3. The zero-order valence-corrected chi connectivity index (χ0v) is 14.5. The van der Waals surface area contributed by atoms with E-state index in [9.17, 15) is 9.90 Å². The lowest BCUT2D eigenvalue weighted by atomic mass is 10.00. The standard InChI is InChI=1S/C20H24O4/c1-4-5-14-6-9-16(19(13-14)23-2)10-7-15-8-11-17(18(21)12-15)20(22)24-3/h6,8-9,11-13,21H,4-5,7,10H2,1-3H3. The van der Waals surface area contributed by atoms with Gasteiger partial charge in [-0.2, -0.15) is 0 Å². The molecule has 0 unspecified atom stereocenters. The second-order valence-electron chi connectivity index (χ2n) is 5.74. The molecule has 24 heavy (non-hydrogen) atoms. The van der Waals surface area contributed by atoms with Gasteiger partial charge in [-0.25, -0.2) is 4.79 Å². The molecule has 2 rings (SSSR count). The van der Waals surface area contributed by atoms with Crippen molar-refractivity contribution in [1.29, 1.82) is 0 Å². The fourth-order valence-corrected chi connectivity index (χ4v) is 2.73. The van der Waals surface area contributed by atoms with E-state index in [1.54, 1.807) is 19.2 Å². The largest absolute Gasteiger partial charge is 0.507 e. The minimum Gasteiger partial charge on any atom is -0.507 e. The third-order valence-corrected chi connectivity index (χ3v) is 4.04. The Morgan fingerprint density at radius 1 is 1.00 bits per heavy atom. The Bertz CT molecular complexity index is 707. The Balaban J connectivity index is 2.10. The quantitative estimate of drug-likeness (QED) is 0.783. The van der Waals surface area contributed by atoms with Crippen molar-refractivity contribution in [2.45, 2.75) is 32.6 Å². The molecule has 128 valence electrons. The van der Waals surface area contributed by atoms with Gasteiger partial charge in [0, 0.05) is 0 Å². The van der Waals surface area contributed by atoms with E-state index in [4.69, 9.17) is 4.74 Å². The van der Waals surface area contributed by atoms with Crippen LogP contribution in [0.15, 0.2) is 36.4 Å². The maximum absolute atomic E-state index is 11.5. The predicted molar refractivity (Wildman–Crippen MR) is 93.8 cm³/mol. The number of ether oxygens (including phenoxy) is 2. The summed E-state index contributed by atoms with van der Waals surface area (Å²) in [5.74, 6) is 0.313. The van der Waals surface area contributed by atoms with Gasteiger partial charge in [-0.3, -0.25) is 0 Å². The lowest BCUT2D eigenvalue weighted by molar-refractivity contribution is 0.0597. The summed E-state index contributed by atoms with van der Waals surface area (Å²) < 4.78 is 10.1. The van der Waals surface area contributed by atoms with Crippen molar-refractivity contribution < 1.29 is 19.4 Å². The van der Waals surface area contributed by atoms with E-state index in [0.29, 0.717) is 0 Å². The maximum Gasteiger partial charge on any atom is 0.341 e. The van der Waals surface area contributed by atoms with Crippen LogP contribution in [0.1, 0.15) is 40.4 Å². The molecule has 1 N–H and O–H groups in total. The lowest BCUT2D eigenvalue weighted by Crippen LogP contribution is -2.02. The molecule has 0 saturated heterocycles. The Hall–Kier alpha value is -2.49. The summed E-state index contributed by atoms with van der Waals surface area (Å²) in [5.41, 5.74) is 3.55. The van der Waals surface area contributed by atoms with Crippen molar-refractivity contribution in [2.75, 3.05) is 14.2 Å². The molecule has 0 heterocycles. The lowest BCUT2D eigenvalue weighted by Gasteiger charge is -2.11. The zero-order valence-electron chi connectivity index (χ0n) is 14.5. The summed E-state index contributed by atoms with van der Waals surface area (Å²) in [6.07, 6.45) is 3.69. The first-order valence-corrected chi connectivity index (χ1v) is 8.15. The third-order valence-electron chi connectivity index (χ3n) is 4.04. The molecule has 2 aromatic rings. The van der Waals surface area contributed by atoms with Crippen molar-refractivity contribution in [2.24, 2.45) is 0 Å². The first-order valence-electron chi connectivity index (χ1n) is 8.15. The Labute approximate surface area is 143 Å². The summed E-state index contributed by atoms with van der Waals surface area (Å²) >= 11 is 0. The predicted octanol–water partition coefficient (Wildman–Crippen LogP) is 3.93. The number of benzene rings is 2. The van der Waals surface area contributed by atoms with E-state index in [1.165, 1.54) is 12.7 Å². The normalized spacial score (nSPS) is 10.5. The zero-order chi connectivity index (χ0) is 17.5. The molecular weight excluding hydrogens is 304 g/mol. The minimum atomic E-state index is -0.535. The van der Waals surface area contributed by atoms with Gasteiger partial charge in [0.05, 0.1) is 14.2 Å². The summed E-state index contributed by atoms with van der Waals surface area (Å²) in [7, 11) is 2.98. The molecular formula is C20H24O4. The first kappa shape index (κ1) is 17.9. The highest BCUT2D eigenvalue weighted by Gasteiger charge is 2.12. The van der Waals surface area contributed by atoms with Crippen LogP contribution >= 0.6 is 0 Å². The van der Waals surface area contributed by atoms with E-state index >= 15 is 0 Å². The maximum atomic E-state index is 11.5. The molecule has 0 aromatic heterocycles. The monoisotopic (exact) mass is 328 g/mol. The molecule has 2 aromatic carbocycles. The fourth-order valence-electron chi connectivity index (χ4n) is 2.73. The Kier molecular flexibility index (Phi) is 6.24. The van der Waals surface area contributed by atoms with Crippen molar-refractivity contribution >= 4 is 5.97 Å². The topological polar surface area (TPSA) is 55.8 Å². The smallest absolute Gasteiger partial charge is 0.341 e. The van der Waals surface area contributed by atoms with Gasteiger partial charge >= 0.3 is 5.97 Å². The average Bonchev–Trinajstić information content (AvgIpc) is 2.60. The Morgan fingerprint density at radius 2 is 1.71 bits per heavy atom. The summed E-state index contributed by atoms with van der Waals surface area (Å²) in [6, 6.07) is 11.4. The highest BCUT2D eigenvalue weighted by molar-refractivity contribution is 5.92. The Morgan fingerprint density at radius 3 is 2.33 bits per heavy atom. The molecule has 0 spiro atoms. The second kappa shape index (κ2) is 8.39. The highest BCUT2D eigenvalue weighted by Crippen LogP contribution is 2.25. The molecule has 0 amide bonds. The molecule has 0 bridgehead atoms. The third kappa shape index (κ3) is 4.28. The molecule has 0 aliphatic carbocycles. The van der Waals surface area contributed by atoms with Gasteiger partial charge in [0.15, 0.2) is 0 Å². The molecule has 0 aliphatic rings. The van der Waals surface area contributed by atoms with Gasteiger partial charge in [0.25, 0.3) is 0 Å². The molecule has 0 radical (unpaired) electrons. The van der Waals surface area contributed by atoms with Gasteiger partial charge in [0.1, 0.15) is 17.1 Å². The van der Waals surface area contributed by atoms with Gasteiger partial charge in [-0.05, 0) is 54.2 Å². The number of phenols is 1. The number of hydrogen-bond donors (Lipinski definition) is 1. The van der Waals surface area contributed by atoms with Crippen molar-refractivity contribution in [3.05, 3.63) is 58.7 Å². The van der Waals surface area contributed by atoms with Gasteiger partial charge < -0.3 is 14.6 Å². The van der Waals surface area contributed by atoms with Crippen LogP contribution in [0.5, 0.6) is 11.5 Å². The first-order chi connectivity index (χ1) is 11.6. The van der Waals surface area contributed by atoms with Gasteiger partial charge in [-0.1, -0.05) is 31.5 Å². The van der Waals surface area contributed by atoms with Crippen LogP contribution in [0.25, 0.3) is 0 Å². The van der Waals surface area contributed by atoms with E-state index in [-0.39, 0.29) is 11.3 Å².